The van der Waals surface area contributed by atoms with Gasteiger partial charge in [0.25, 0.3) is 0 Å². The van der Waals surface area contributed by atoms with Gasteiger partial charge in [0.05, 0.1) is 14.2 Å². The standard InChI is InChI=1S/C17H25NO7/c1-9-13(23-5)10(8-12(19)14(9)24-6)7-11(15(20)21)18-16(22)25-17(2,3)4/h8,11,19H,7H2,1-6H3,(H,18,22)(H,20,21). The summed E-state index contributed by atoms with van der Waals surface area (Å²) in [5.41, 5.74) is 0.197. The fraction of sp³-hybridized carbons (Fsp3) is 0.529. The topological polar surface area (TPSA) is 114 Å². The molecule has 3 N–H and O–H groups in total. The van der Waals surface area contributed by atoms with Crippen molar-refractivity contribution < 1.29 is 34.0 Å². The van der Waals surface area contributed by atoms with Crippen molar-refractivity contribution in [2.24, 2.45) is 0 Å². The molecule has 25 heavy (non-hydrogen) atoms. The van der Waals surface area contributed by atoms with Gasteiger partial charge in [-0.15, -0.1) is 0 Å². The second-order valence-corrected chi connectivity index (χ2v) is 6.49. The van der Waals surface area contributed by atoms with E-state index in [0.29, 0.717) is 16.9 Å². The molecule has 1 rings (SSSR count). The van der Waals surface area contributed by atoms with Gasteiger partial charge in [0.15, 0.2) is 11.5 Å². The fourth-order valence-electron chi connectivity index (χ4n) is 2.40. The molecular weight excluding hydrogens is 330 g/mol. The maximum Gasteiger partial charge on any atom is 0.408 e. The number of nitrogens with one attached hydrogen (secondary N) is 1. The molecule has 0 radical (unpaired) electrons. The van der Waals surface area contributed by atoms with Crippen molar-refractivity contribution in [1.82, 2.24) is 5.32 Å². The molecule has 0 aliphatic rings. The Bertz CT molecular complexity index is 649. The number of carbonyl (C=O) groups is 2. The summed E-state index contributed by atoms with van der Waals surface area (Å²) >= 11 is 0. The molecule has 8 nitrogen and oxygen atoms in total. The number of rotatable bonds is 6. The van der Waals surface area contributed by atoms with Gasteiger partial charge >= 0.3 is 12.1 Å². The zero-order valence-electron chi connectivity index (χ0n) is 15.3. The van der Waals surface area contributed by atoms with Crippen LogP contribution in [0.15, 0.2) is 6.07 Å². The smallest absolute Gasteiger partial charge is 0.408 e. The summed E-state index contributed by atoms with van der Waals surface area (Å²) in [7, 11) is 2.84. The van der Waals surface area contributed by atoms with Gasteiger partial charge in [-0.25, -0.2) is 9.59 Å². The molecule has 1 unspecified atom stereocenters. The minimum absolute atomic E-state index is 0.101. The van der Waals surface area contributed by atoms with Crippen LogP contribution < -0.4 is 14.8 Å². The lowest BCUT2D eigenvalue weighted by molar-refractivity contribution is -0.139. The van der Waals surface area contributed by atoms with Crippen molar-refractivity contribution >= 4 is 12.1 Å². The largest absolute Gasteiger partial charge is 0.504 e. The lowest BCUT2D eigenvalue weighted by Gasteiger charge is -2.23. The SMILES string of the molecule is COc1c(O)cc(CC(NC(=O)OC(C)(C)C)C(=O)O)c(OC)c1C. The highest BCUT2D eigenvalue weighted by Crippen LogP contribution is 2.39. The fourth-order valence-corrected chi connectivity index (χ4v) is 2.40. The number of carboxylic acid groups (broad SMARTS) is 1. The van der Waals surface area contributed by atoms with Gasteiger partial charge in [-0.3, -0.25) is 0 Å². The highest BCUT2D eigenvalue weighted by atomic mass is 16.6. The summed E-state index contributed by atoms with van der Waals surface area (Å²) in [6.07, 6.45) is -0.941. The number of aromatic hydroxyl groups is 1. The van der Waals surface area contributed by atoms with Crippen LogP contribution in [0.2, 0.25) is 0 Å². The van der Waals surface area contributed by atoms with Gasteiger partial charge in [-0.05, 0) is 33.8 Å². The Morgan fingerprint density at radius 2 is 1.76 bits per heavy atom. The third-order valence-corrected chi connectivity index (χ3v) is 3.34. The maximum absolute atomic E-state index is 11.9. The molecule has 0 spiro atoms. The average molecular weight is 355 g/mol. The second-order valence-electron chi connectivity index (χ2n) is 6.49. The number of hydrogen-bond donors (Lipinski definition) is 3. The molecule has 8 heteroatoms. The van der Waals surface area contributed by atoms with E-state index in [1.165, 1.54) is 20.3 Å². The van der Waals surface area contributed by atoms with Crippen LogP contribution in [0.4, 0.5) is 4.79 Å². The normalized spacial score (nSPS) is 12.2. The van der Waals surface area contributed by atoms with Crippen LogP contribution in [-0.2, 0) is 16.0 Å². The molecule has 0 bridgehead atoms. The van der Waals surface area contributed by atoms with Gasteiger partial charge in [0, 0.05) is 17.5 Å². The van der Waals surface area contributed by atoms with E-state index >= 15 is 0 Å². The van der Waals surface area contributed by atoms with E-state index in [9.17, 15) is 19.8 Å². The molecule has 140 valence electrons. The Kier molecular flexibility index (Phi) is 6.49. The van der Waals surface area contributed by atoms with Crippen molar-refractivity contribution in [3.05, 3.63) is 17.2 Å². The summed E-state index contributed by atoms with van der Waals surface area (Å²) in [5, 5.41) is 21.7. The number of alkyl carbamates (subject to hydrolysis) is 1. The molecule has 1 aromatic rings. The molecule has 0 saturated heterocycles. The van der Waals surface area contributed by atoms with Crippen LogP contribution in [-0.4, -0.2) is 48.1 Å². The van der Waals surface area contributed by atoms with Crippen LogP contribution in [0, 0.1) is 6.92 Å². The molecule has 0 fully saturated rings. The predicted molar refractivity (Wildman–Crippen MR) is 90.4 cm³/mol. The number of phenolic OH excluding ortho intramolecular Hbond substituents is 1. The highest BCUT2D eigenvalue weighted by molar-refractivity contribution is 5.80. The van der Waals surface area contributed by atoms with Crippen LogP contribution in [0.5, 0.6) is 17.2 Å². The Balaban J connectivity index is 3.11. The Hall–Kier alpha value is -2.64. The lowest BCUT2D eigenvalue weighted by atomic mass is 10.0. The first-order valence-electron chi connectivity index (χ1n) is 7.65. The summed E-state index contributed by atoms with van der Waals surface area (Å²) in [6.45, 7) is 6.71. The van der Waals surface area contributed by atoms with Crippen molar-refractivity contribution in [2.45, 2.75) is 45.8 Å². The first kappa shape index (κ1) is 20.4. The first-order chi connectivity index (χ1) is 11.5. The minimum atomic E-state index is -1.25. The molecule has 0 heterocycles. The zero-order valence-corrected chi connectivity index (χ0v) is 15.3. The second kappa shape index (κ2) is 7.96. The number of carboxylic acids is 1. The molecule has 0 saturated carbocycles. The van der Waals surface area contributed by atoms with Crippen molar-refractivity contribution in [3.63, 3.8) is 0 Å². The van der Waals surface area contributed by atoms with Crippen LogP contribution >= 0.6 is 0 Å². The average Bonchev–Trinajstić information content (AvgIpc) is 2.44. The van der Waals surface area contributed by atoms with E-state index in [2.05, 4.69) is 5.32 Å². The quantitative estimate of drug-likeness (QED) is 0.717. The summed E-state index contributed by atoms with van der Waals surface area (Å²) in [5.74, 6) is -0.752. The molecule has 0 aliphatic heterocycles. The van der Waals surface area contributed by atoms with Crippen molar-refractivity contribution in [1.29, 1.82) is 0 Å². The number of phenols is 1. The summed E-state index contributed by atoms with van der Waals surface area (Å²) in [4.78, 5) is 23.4. The van der Waals surface area contributed by atoms with E-state index < -0.39 is 23.7 Å². The molecule has 1 amide bonds. The Morgan fingerprint density at radius 3 is 2.20 bits per heavy atom. The number of methoxy groups -OCH3 is 2. The Morgan fingerprint density at radius 1 is 1.20 bits per heavy atom. The van der Waals surface area contributed by atoms with Gasteiger partial charge in [-0.1, -0.05) is 0 Å². The number of ether oxygens (including phenoxy) is 3. The third-order valence-electron chi connectivity index (χ3n) is 3.34. The van der Waals surface area contributed by atoms with Crippen molar-refractivity contribution in [2.75, 3.05) is 14.2 Å². The number of benzene rings is 1. The van der Waals surface area contributed by atoms with Crippen molar-refractivity contribution in [3.8, 4) is 17.2 Å². The maximum atomic E-state index is 11.9. The van der Waals surface area contributed by atoms with Gasteiger partial charge in [-0.2, -0.15) is 0 Å². The number of hydrogen-bond acceptors (Lipinski definition) is 6. The minimum Gasteiger partial charge on any atom is -0.504 e. The van der Waals surface area contributed by atoms with Gasteiger partial charge in [0.2, 0.25) is 0 Å². The highest BCUT2D eigenvalue weighted by Gasteiger charge is 2.27. The van der Waals surface area contributed by atoms with Gasteiger partial charge < -0.3 is 29.7 Å². The van der Waals surface area contributed by atoms with Crippen LogP contribution in [0.1, 0.15) is 31.9 Å². The molecule has 1 atom stereocenters. The molecular formula is C17H25NO7. The van der Waals surface area contributed by atoms with Crippen LogP contribution in [0.3, 0.4) is 0 Å². The predicted octanol–water partition coefficient (Wildman–Crippen LogP) is 2.24. The summed E-state index contributed by atoms with van der Waals surface area (Å²) < 4.78 is 15.5. The molecule has 0 aromatic heterocycles. The first-order valence-corrected chi connectivity index (χ1v) is 7.65. The molecule has 1 aromatic carbocycles. The van der Waals surface area contributed by atoms with E-state index in [4.69, 9.17) is 14.2 Å². The molecule has 0 aliphatic carbocycles. The van der Waals surface area contributed by atoms with E-state index in [0.717, 1.165) is 0 Å². The third kappa shape index (κ3) is 5.44. The number of carbonyl (C=O) groups excluding carboxylic acids is 1. The Labute approximate surface area is 146 Å². The zero-order chi connectivity index (χ0) is 19.4. The summed E-state index contributed by atoms with van der Waals surface area (Å²) in [6, 6.07) is 0.105. The van der Waals surface area contributed by atoms with E-state index in [1.54, 1.807) is 27.7 Å². The monoisotopic (exact) mass is 355 g/mol. The van der Waals surface area contributed by atoms with Gasteiger partial charge in [0.1, 0.15) is 17.4 Å². The van der Waals surface area contributed by atoms with E-state index in [1.807, 2.05) is 0 Å². The number of aliphatic carboxylic acids is 1. The van der Waals surface area contributed by atoms with Crippen LogP contribution in [0.25, 0.3) is 0 Å². The van der Waals surface area contributed by atoms with E-state index in [-0.39, 0.29) is 17.9 Å². The lowest BCUT2D eigenvalue weighted by Crippen LogP contribution is -2.44. The number of amides is 1.